The van der Waals surface area contributed by atoms with Crippen LogP contribution in [0.2, 0.25) is 0 Å². The molecule has 1 atom stereocenters. The smallest absolute Gasteiger partial charge is 0.325 e. The van der Waals surface area contributed by atoms with Crippen molar-refractivity contribution in [3.8, 4) is 0 Å². The third-order valence-electron chi connectivity index (χ3n) is 5.45. The van der Waals surface area contributed by atoms with Gasteiger partial charge in [-0.3, -0.25) is 14.6 Å². The van der Waals surface area contributed by atoms with Crippen LogP contribution < -0.4 is 0 Å². The van der Waals surface area contributed by atoms with Gasteiger partial charge in [0, 0.05) is 59.9 Å². The van der Waals surface area contributed by atoms with Crippen LogP contribution in [0, 0.1) is 0 Å². The second-order valence-corrected chi connectivity index (χ2v) is 8.24. The van der Waals surface area contributed by atoms with Gasteiger partial charge in [0.25, 0.3) is 0 Å². The zero-order valence-electron chi connectivity index (χ0n) is 16.1. The minimum absolute atomic E-state index is 0.639. The molecule has 0 amide bonds. The van der Waals surface area contributed by atoms with Crippen molar-refractivity contribution in [1.82, 2.24) is 14.8 Å². The topological polar surface area (TPSA) is 59.6 Å². The van der Waals surface area contributed by atoms with Gasteiger partial charge in [0.05, 0.1) is 0 Å². The van der Waals surface area contributed by atoms with Gasteiger partial charge in [0.15, 0.2) is 0 Å². The van der Waals surface area contributed by atoms with Crippen LogP contribution in [0.1, 0.15) is 17.2 Å². The molecule has 29 heavy (non-hydrogen) atoms. The summed E-state index contributed by atoms with van der Waals surface area (Å²) in [5, 5.41) is 10.9. The predicted octanol–water partition coefficient (Wildman–Crippen LogP) is 4.39. The Balaban J connectivity index is 1.42. The molecule has 0 bridgehead atoms. The number of hydrogen-bond donors (Lipinski definition) is 2. The molecule has 1 fully saturated rings. The quantitative estimate of drug-likeness (QED) is 0.580. The van der Waals surface area contributed by atoms with Crippen molar-refractivity contribution in [2.45, 2.75) is 6.04 Å². The number of nitrogens with zero attached hydrogens (tertiary/aromatic N) is 2. The molecule has 0 spiro atoms. The summed E-state index contributed by atoms with van der Waals surface area (Å²) < 4.78 is 0.949. The van der Waals surface area contributed by atoms with Crippen molar-refractivity contribution < 1.29 is 9.90 Å². The van der Waals surface area contributed by atoms with Gasteiger partial charge >= 0.3 is 5.97 Å². The fraction of sp³-hybridized carbons (Fsp3) is 0.261. The number of aromatic amines is 1. The minimum atomic E-state index is -0.803. The van der Waals surface area contributed by atoms with Crippen molar-refractivity contribution in [3.63, 3.8) is 0 Å². The summed E-state index contributed by atoms with van der Waals surface area (Å²) in [4.78, 5) is 19.8. The number of carboxylic acid groups (broad SMARTS) is 1. The molecule has 1 saturated heterocycles. The van der Waals surface area contributed by atoms with E-state index >= 15 is 0 Å². The monoisotopic (exact) mass is 453 g/mol. The molecule has 0 aliphatic carbocycles. The van der Waals surface area contributed by atoms with E-state index in [-0.39, 0.29) is 0 Å². The summed E-state index contributed by atoms with van der Waals surface area (Å²) in [7, 11) is 0. The molecular weight excluding hydrogens is 430 g/mol. The van der Waals surface area contributed by atoms with Crippen molar-refractivity contribution in [2.75, 3.05) is 32.7 Å². The minimum Gasteiger partial charge on any atom is -0.480 e. The van der Waals surface area contributed by atoms with Crippen molar-refractivity contribution in [1.29, 1.82) is 0 Å². The molecule has 6 heteroatoms. The molecule has 150 valence electrons. The molecule has 3 aromatic rings. The van der Waals surface area contributed by atoms with E-state index in [4.69, 9.17) is 0 Å². The first-order chi connectivity index (χ1) is 14.1. The van der Waals surface area contributed by atoms with Gasteiger partial charge in [-0.2, -0.15) is 0 Å². The molecule has 4 rings (SSSR count). The normalized spacial score (nSPS) is 17.1. The van der Waals surface area contributed by atoms with Crippen molar-refractivity contribution in [3.05, 3.63) is 76.4 Å². The van der Waals surface area contributed by atoms with E-state index in [1.54, 1.807) is 0 Å². The first-order valence-corrected chi connectivity index (χ1v) is 10.6. The Bertz CT molecular complexity index is 1010. The van der Waals surface area contributed by atoms with E-state index in [0.29, 0.717) is 0 Å². The summed E-state index contributed by atoms with van der Waals surface area (Å²) in [5.41, 5.74) is 2.98. The predicted molar refractivity (Wildman–Crippen MR) is 120 cm³/mol. The van der Waals surface area contributed by atoms with Gasteiger partial charge in [-0.15, -0.1) is 0 Å². The summed E-state index contributed by atoms with van der Waals surface area (Å²) in [6, 6.07) is 15.5. The highest BCUT2D eigenvalue weighted by Gasteiger charge is 2.31. The molecular formula is C23H24BrN3O2. The molecule has 1 aliphatic rings. The standard InChI is InChI=1S/C23H24BrN3O2/c24-18-8-9-21-19(15-18)20(16-25-21)22(23(28)29)27-13-11-26(12-14-27)10-4-7-17-5-2-1-3-6-17/h1-9,15-16,22,25H,10-14H2,(H,28,29)/b7-4+/t22-/m0/s1. The third kappa shape index (κ3) is 4.61. The zero-order valence-corrected chi connectivity index (χ0v) is 17.7. The molecule has 0 radical (unpaired) electrons. The van der Waals surface area contributed by atoms with Gasteiger partial charge in [0.2, 0.25) is 0 Å². The van der Waals surface area contributed by atoms with E-state index in [0.717, 1.165) is 53.7 Å². The third-order valence-corrected chi connectivity index (χ3v) is 5.94. The average Bonchev–Trinajstić information content (AvgIpc) is 3.13. The first kappa shape index (κ1) is 19.9. The van der Waals surface area contributed by atoms with Crippen LogP contribution in [0.5, 0.6) is 0 Å². The van der Waals surface area contributed by atoms with Crippen LogP contribution in [0.25, 0.3) is 17.0 Å². The largest absolute Gasteiger partial charge is 0.480 e. The summed E-state index contributed by atoms with van der Waals surface area (Å²) in [5.74, 6) is -0.803. The number of halogens is 1. The first-order valence-electron chi connectivity index (χ1n) is 9.79. The molecule has 5 nitrogen and oxygen atoms in total. The number of nitrogens with one attached hydrogen (secondary N) is 1. The molecule has 2 N–H and O–H groups in total. The van der Waals surface area contributed by atoms with Crippen LogP contribution in [-0.4, -0.2) is 58.6 Å². The highest BCUT2D eigenvalue weighted by molar-refractivity contribution is 9.10. The Kier molecular flexibility index (Phi) is 6.13. The number of benzene rings is 2. The van der Waals surface area contributed by atoms with E-state index in [1.165, 1.54) is 5.56 Å². The van der Waals surface area contributed by atoms with Gasteiger partial charge in [0.1, 0.15) is 6.04 Å². The number of carbonyl (C=O) groups is 1. The van der Waals surface area contributed by atoms with Gasteiger partial charge in [-0.05, 0) is 23.8 Å². The lowest BCUT2D eigenvalue weighted by Gasteiger charge is -2.37. The van der Waals surface area contributed by atoms with Crippen LogP contribution >= 0.6 is 15.9 Å². The maximum atomic E-state index is 12.1. The summed E-state index contributed by atoms with van der Waals surface area (Å²) in [6.45, 7) is 4.05. The Morgan fingerprint density at radius 2 is 1.90 bits per heavy atom. The van der Waals surface area contributed by atoms with Crippen LogP contribution in [0.4, 0.5) is 0 Å². The SMILES string of the molecule is O=C(O)[C@H](c1c[nH]c2ccc(Br)cc12)N1CCN(C/C=C/c2ccccc2)CC1. The van der Waals surface area contributed by atoms with Gasteiger partial charge < -0.3 is 10.1 Å². The van der Waals surface area contributed by atoms with Crippen molar-refractivity contribution >= 4 is 38.9 Å². The number of carboxylic acids is 1. The number of hydrogen-bond acceptors (Lipinski definition) is 3. The number of H-pyrrole nitrogens is 1. The second kappa shape index (κ2) is 8.95. The number of rotatable bonds is 6. The Morgan fingerprint density at radius 3 is 2.62 bits per heavy atom. The Hall–Kier alpha value is -2.41. The number of aromatic nitrogens is 1. The number of aliphatic carboxylic acids is 1. The highest BCUT2D eigenvalue weighted by Crippen LogP contribution is 2.31. The molecule has 0 unspecified atom stereocenters. The van der Waals surface area contributed by atoms with Crippen LogP contribution in [0.15, 0.2) is 65.3 Å². The van der Waals surface area contributed by atoms with Gasteiger partial charge in [-0.25, -0.2) is 0 Å². The van der Waals surface area contributed by atoms with E-state index in [2.05, 4.69) is 55.0 Å². The second-order valence-electron chi connectivity index (χ2n) is 7.32. The lowest BCUT2D eigenvalue weighted by Crippen LogP contribution is -2.49. The molecule has 2 heterocycles. The molecule has 0 saturated carbocycles. The van der Waals surface area contributed by atoms with E-state index < -0.39 is 12.0 Å². The summed E-state index contributed by atoms with van der Waals surface area (Å²) >= 11 is 3.49. The maximum absolute atomic E-state index is 12.1. The fourth-order valence-corrected chi connectivity index (χ4v) is 4.29. The Labute approximate surface area is 178 Å². The summed E-state index contributed by atoms with van der Waals surface area (Å²) in [6.07, 6.45) is 6.15. The number of piperazine rings is 1. The lowest BCUT2D eigenvalue weighted by molar-refractivity contribution is -0.144. The van der Waals surface area contributed by atoms with E-state index in [9.17, 15) is 9.90 Å². The lowest BCUT2D eigenvalue weighted by atomic mass is 10.0. The van der Waals surface area contributed by atoms with Gasteiger partial charge in [-0.1, -0.05) is 58.4 Å². The van der Waals surface area contributed by atoms with Crippen LogP contribution in [-0.2, 0) is 4.79 Å². The van der Waals surface area contributed by atoms with Crippen LogP contribution in [0.3, 0.4) is 0 Å². The zero-order chi connectivity index (χ0) is 20.2. The highest BCUT2D eigenvalue weighted by atomic mass is 79.9. The van der Waals surface area contributed by atoms with E-state index in [1.807, 2.05) is 42.6 Å². The maximum Gasteiger partial charge on any atom is 0.325 e. The number of fused-ring (bicyclic) bond motifs is 1. The average molecular weight is 454 g/mol. The fourth-order valence-electron chi connectivity index (χ4n) is 3.93. The van der Waals surface area contributed by atoms with Crippen molar-refractivity contribution in [2.24, 2.45) is 0 Å². The molecule has 1 aliphatic heterocycles. The molecule has 2 aromatic carbocycles. The Morgan fingerprint density at radius 1 is 1.14 bits per heavy atom. The molecule has 1 aromatic heterocycles.